The van der Waals surface area contributed by atoms with Crippen molar-refractivity contribution in [3.05, 3.63) is 72.0 Å². The molecule has 1 aromatic rings. The second-order valence-corrected chi connectivity index (χ2v) is 9.77. The number of nitrogens with two attached hydrogens (primary N) is 1. The van der Waals surface area contributed by atoms with Gasteiger partial charge in [-0.25, -0.2) is 0 Å². The van der Waals surface area contributed by atoms with Crippen LogP contribution in [-0.4, -0.2) is 31.6 Å². The minimum atomic E-state index is -4.65. The average Bonchev–Trinajstić information content (AvgIpc) is 2.86. The number of allylic oxidation sites excluding steroid dienone is 2. The van der Waals surface area contributed by atoms with Crippen molar-refractivity contribution in [2.45, 2.75) is 90.0 Å². The van der Waals surface area contributed by atoms with Crippen molar-refractivity contribution in [1.82, 2.24) is 0 Å². The van der Waals surface area contributed by atoms with E-state index in [0.29, 0.717) is 31.5 Å². The summed E-state index contributed by atoms with van der Waals surface area (Å²) >= 11 is 0. The van der Waals surface area contributed by atoms with Crippen LogP contribution in [0.2, 0.25) is 0 Å². The van der Waals surface area contributed by atoms with Gasteiger partial charge in [-0.2, -0.15) is 0 Å². The topological polar surface area (TPSA) is 52.1 Å². The highest BCUT2D eigenvalue weighted by atomic mass is 19.4. The summed E-state index contributed by atoms with van der Waals surface area (Å²) in [4.78, 5) is 13.7. The first-order valence-corrected chi connectivity index (χ1v) is 13.5. The smallest absolute Gasteiger partial charge is 0.461 e. The van der Waals surface area contributed by atoms with Crippen molar-refractivity contribution in [3.8, 4) is 0 Å². The highest BCUT2D eigenvalue weighted by Gasteiger charge is 2.44. The Hall–Kier alpha value is -2.38. The number of rotatable bonds is 16. The number of hydrogen-bond acceptors (Lipinski definition) is 3. The summed E-state index contributed by atoms with van der Waals surface area (Å²) in [6.07, 6.45) is 7.21. The summed E-state index contributed by atoms with van der Waals surface area (Å²) in [6, 6.07) is 9.94. The summed E-state index contributed by atoms with van der Waals surface area (Å²) in [5.74, 6) is -0.119. The van der Waals surface area contributed by atoms with Crippen molar-refractivity contribution in [2.24, 2.45) is 5.92 Å². The standard InChI is InChI=1S/C30H42F3NO3/c1-5-8-9-13-19-29(7-3,24-15-11-10-12-16-24)28(35)37-27-22-23(4)26(27)17-20-34-25(14-6-2)18-21-36-30(31,32)33/h6,10-12,14-16,18,26-27,34H,4-5,7-9,13,17,19-22H2,1-3H3/p+1/b14-6-,25-18+. The molecule has 0 bridgehead atoms. The number of halogens is 3. The summed E-state index contributed by atoms with van der Waals surface area (Å²) in [7, 11) is 0. The lowest BCUT2D eigenvalue weighted by molar-refractivity contribution is -0.603. The fourth-order valence-electron chi connectivity index (χ4n) is 4.99. The predicted molar refractivity (Wildman–Crippen MR) is 141 cm³/mol. The third kappa shape index (κ3) is 9.46. The number of quaternary nitrogens is 1. The molecule has 1 aliphatic rings. The Balaban J connectivity index is 2.02. The van der Waals surface area contributed by atoms with Gasteiger partial charge in [0, 0.05) is 24.8 Å². The number of ether oxygens (including phenoxy) is 2. The molecular formula is C30H43F3NO3+. The maximum absolute atomic E-state index is 13.7. The molecule has 37 heavy (non-hydrogen) atoms. The van der Waals surface area contributed by atoms with Gasteiger partial charge >= 0.3 is 12.3 Å². The van der Waals surface area contributed by atoms with Crippen LogP contribution >= 0.6 is 0 Å². The quantitative estimate of drug-likeness (QED) is 0.113. The van der Waals surface area contributed by atoms with E-state index in [1.54, 1.807) is 12.2 Å². The van der Waals surface area contributed by atoms with Crippen molar-refractivity contribution in [3.63, 3.8) is 0 Å². The number of esters is 1. The predicted octanol–water partition coefficient (Wildman–Crippen LogP) is 6.74. The van der Waals surface area contributed by atoms with E-state index in [0.717, 1.165) is 43.2 Å². The molecule has 3 atom stereocenters. The normalized spacial score (nSPS) is 20.1. The van der Waals surface area contributed by atoms with Gasteiger partial charge in [0.2, 0.25) is 0 Å². The van der Waals surface area contributed by atoms with E-state index in [9.17, 15) is 18.0 Å². The molecule has 7 heteroatoms. The Bertz CT molecular complexity index is 910. The fourth-order valence-corrected chi connectivity index (χ4v) is 4.99. The van der Waals surface area contributed by atoms with Gasteiger partial charge in [0.25, 0.3) is 0 Å². The van der Waals surface area contributed by atoms with E-state index in [-0.39, 0.29) is 18.0 Å². The van der Waals surface area contributed by atoms with Crippen LogP contribution in [0.4, 0.5) is 13.2 Å². The van der Waals surface area contributed by atoms with Gasteiger partial charge in [0.15, 0.2) is 0 Å². The average molecular weight is 523 g/mol. The van der Waals surface area contributed by atoms with Gasteiger partial charge in [-0.1, -0.05) is 88.1 Å². The Morgan fingerprint density at radius 2 is 1.89 bits per heavy atom. The maximum Gasteiger partial charge on any atom is 0.522 e. The van der Waals surface area contributed by atoms with Crippen LogP contribution in [0.1, 0.15) is 77.7 Å². The molecule has 2 N–H and O–H groups in total. The molecule has 206 valence electrons. The number of hydrogen-bond donors (Lipinski definition) is 1. The minimum absolute atomic E-state index is 0.0453. The van der Waals surface area contributed by atoms with Crippen LogP contribution in [0, 0.1) is 5.92 Å². The molecule has 2 rings (SSSR count). The molecule has 0 saturated heterocycles. The molecule has 0 aliphatic heterocycles. The van der Waals surface area contributed by atoms with Crippen LogP contribution in [-0.2, 0) is 19.7 Å². The first-order chi connectivity index (χ1) is 17.7. The van der Waals surface area contributed by atoms with Crippen molar-refractivity contribution < 1.29 is 32.8 Å². The van der Waals surface area contributed by atoms with E-state index in [1.165, 1.54) is 6.08 Å². The molecule has 0 aromatic heterocycles. The zero-order valence-electron chi connectivity index (χ0n) is 22.5. The molecular weight excluding hydrogens is 479 g/mol. The lowest BCUT2D eigenvalue weighted by Crippen LogP contribution is -2.82. The SMILES string of the molecule is C=C1CC(OC(=O)C(CC)(CCCCCC)c2ccccc2)C1CC[NH2+]C(/C=C\C)=C/COC(F)(F)F. The lowest BCUT2D eigenvalue weighted by Gasteiger charge is -2.41. The maximum atomic E-state index is 13.7. The van der Waals surface area contributed by atoms with Gasteiger partial charge in [0.05, 0.1) is 18.6 Å². The van der Waals surface area contributed by atoms with Gasteiger partial charge in [-0.15, -0.1) is 13.2 Å². The summed E-state index contributed by atoms with van der Waals surface area (Å²) in [5.41, 5.74) is 2.06. The zero-order valence-corrected chi connectivity index (χ0v) is 22.5. The molecule has 0 radical (unpaired) electrons. The van der Waals surface area contributed by atoms with E-state index in [2.05, 4.69) is 25.2 Å². The summed E-state index contributed by atoms with van der Waals surface area (Å²) in [6.45, 7) is 10.3. The van der Waals surface area contributed by atoms with E-state index >= 15 is 0 Å². The molecule has 4 nitrogen and oxygen atoms in total. The van der Waals surface area contributed by atoms with Gasteiger partial charge < -0.3 is 10.1 Å². The van der Waals surface area contributed by atoms with Crippen LogP contribution < -0.4 is 5.32 Å². The first kappa shape index (κ1) is 30.8. The van der Waals surface area contributed by atoms with E-state index < -0.39 is 18.4 Å². The monoisotopic (exact) mass is 522 g/mol. The first-order valence-electron chi connectivity index (χ1n) is 13.5. The molecule has 0 spiro atoms. The Morgan fingerprint density at radius 3 is 2.49 bits per heavy atom. The molecule has 1 aromatic carbocycles. The molecule has 0 amide bonds. The number of carbonyl (C=O) groups excluding carboxylic acids is 1. The fraction of sp³-hybridized carbons (Fsp3) is 0.567. The van der Waals surface area contributed by atoms with Crippen LogP contribution in [0.5, 0.6) is 0 Å². The van der Waals surface area contributed by atoms with E-state index in [4.69, 9.17) is 4.74 Å². The number of benzene rings is 1. The van der Waals surface area contributed by atoms with Crippen molar-refractivity contribution in [2.75, 3.05) is 13.2 Å². The third-order valence-corrected chi connectivity index (χ3v) is 7.26. The largest absolute Gasteiger partial charge is 0.522 e. The Labute approximate surface area is 220 Å². The zero-order chi connectivity index (χ0) is 27.3. The van der Waals surface area contributed by atoms with Crippen molar-refractivity contribution in [1.29, 1.82) is 0 Å². The second-order valence-electron chi connectivity index (χ2n) is 9.77. The van der Waals surface area contributed by atoms with Crippen LogP contribution in [0.3, 0.4) is 0 Å². The Kier molecular flexibility index (Phi) is 12.6. The molecule has 1 fully saturated rings. The molecule has 3 unspecified atom stereocenters. The van der Waals surface area contributed by atoms with Gasteiger partial charge in [-0.05, 0) is 31.4 Å². The molecule has 0 heterocycles. The highest BCUT2D eigenvalue weighted by Crippen LogP contribution is 2.41. The number of alkyl halides is 3. The van der Waals surface area contributed by atoms with Gasteiger partial charge in [0.1, 0.15) is 11.8 Å². The second kappa shape index (κ2) is 15.1. The van der Waals surface area contributed by atoms with Crippen molar-refractivity contribution >= 4 is 5.97 Å². The van der Waals surface area contributed by atoms with Crippen LogP contribution in [0.25, 0.3) is 0 Å². The minimum Gasteiger partial charge on any atom is -0.461 e. The molecule has 1 saturated carbocycles. The molecule has 1 aliphatic carbocycles. The number of unbranched alkanes of at least 4 members (excludes halogenated alkanes) is 3. The summed E-state index contributed by atoms with van der Waals surface area (Å²) in [5, 5.41) is 1.89. The number of carbonyl (C=O) groups is 1. The lowest BCUT2D eigenvalue weighted by atomic mass is 9.72. The van der Waals surface area contributed by atoms with Crippen LogP contribution in [0.15, 0.2) is 66.4 Å². The van der Waals surface area contributed by atoms with E-state index in [1.807, 2.05) is 42.6 Å². The van der Waals surface area contributed by atoms with Gasteiger partial charge in [-0.3, -0.25) is 9.53 Å². The summed E-state index contributed by atoms with van der Waals surface area (Å²) < 4.78 is 46.9. The third-order valence-electron chi connectivity index (χ3n) is 7.26. The Morgan fingerprint density at radius 1 is 1.16 bits per heavy atom. The highest BCUT2D eigenvalue weighted by molar-refractivity contribution is 5.83.